The minimum atomic E-state index is -0.926. The molecule has 3 aromatic rings. The van der Waals surface area contributed by atoms with Crippen LogP contribution in [0.15, 0.2) is 84.9 Å². The Morgan fingerprint density at radius 3 is 1.95 bits per heavy atom. The van der Waals surface area contributed by atoms with Gasteiger partial charge in [0.1, 0.15) is 17.8 Å². The second-order valence-corrected chi connectivity index (χ2v) is 10.5. The fourth-order valence-electron chi connectivity index (χ4n) is 6.85. The molecule has 0 unspecified atom stereocenters. The monoisotopic (exact) mass is 538 g/mol. The van der Waals surface area contributed by atoms with Crippen molar-refractivity contribution in [3.63, 3.8) is 0 Å². The van der Waals surface area contributed by atoms with Gasteiger partial charge in [-0.1, -0.05) is 60.7 Å². The predicted octanol–water partition coefficient (Wildman–Crippen LogP) is 2.81. The molecule has 3 aromatic carbocycles. The van der Waals surface area contributed by atoms with Crippen molar-refractivity contribution < 1.29 is 23.9 Å². The standard InChI is InChI=1S/C31H30N4O5/c1-39-23-14-12-21(13-15-23)25-24-27(30(37)33(29(24)36)22-10-6-3-7-11-22)35-31(38)28(32-16-18-40-19-17-32)26(34(25)35)20-8-4-2-5-9-20/h2-15,24-28H,16-19H2,1H3/t24-,25+,26-,27+,28-/m0/s1. The van der Waals surface area contributed by atoms with Crippen LogP contribution in [0.2, 0.25) is 0 Å². The molecule has 0 aromatic heterocycles. The first-order valence-electron chi connectivity index (χ1n) is 13.6. The first kappa shape index (κ1) is 25.0. The second kappa shape index (κ2) is 9.85. The summed E-state index contributed by atoms with van der Waals surface area (Å²) in [6, 6.07) is 24.1. The molecular formula is C31H30N4O5. The predicted molar refractivity (Wildman–Crippen MR) is 146 cm³/mol. The molecule has 40 heavy (non-hydrogen) atoms. The molecule has 4 aliphatic rings. The minimum absolute atomic E-state index is 0.155. The van der Waals surface area contributed by atoms with Gasteiger partial charge >= 0.3 is 0 Å². The molecule has 4 fully saturated rings. The highest BCUT2D eigenvalue weighted by atomic mass is 16.5. The molecule has 0 spiro atoms. The Labute approximate surface area is 232 Å². The maximum absolute atomic E-state index is 14.5. The topological polar surface area (TPSA) is 82.6 Å². The molecule has 9 nitrogen and oxygen atoms in total. The van der Waals surface area contributed by atoms with Crippen molar-refractivity contribution in [3.8, 4) is 5.75 Å². The summed E-state index contributed by atoms with van der Waals surface area (Å²) >= 11 is 0. The van der Waals surface area contributed by atoms with Crippen molar-refractivity contribution in [1.29, 1.82) is 0 Å². The lowest BCUT2D eigenvalue weighted by Crippen LogP contribution is -2.51. The number of imide groups is 1. The zero-order valence-electron chi connectivity index (χ0n) is 22.1. The van der Waals surface area contributed by atoms with Crippen LogP contribution >= 0.6 is 0 Å². The molecule has 0 aliphatic carbocycles. The number of fused-ring (bicyclic) bond motifs is 3. The van der Waals surface area contributed by atoms with Crippen LogP contribution in [-0.2, 0) is 19.1 Å². The van der Waals surface area contributed by atoms with E-state index in [1.165, 1.54) is 4.90 Å². The normalized spacial score (nSPS) is 28.7. The van der Waals surface area contributed by atoms with Crippen LogP contribution in [0.1, 0.15) is 23.2 Å². The molecule has 7 rings (SSSR count). The van der Waals surface area contributed by atoms with Crippen molar-refractivity contribution in [3.05, 3.63) is 96.1 Å². The second-order valence-electron chi connectivity index (χ2n) is 10.5. The Morgan fingerprint density at radius 1 is 0.675 bits per heavy atom. The van der Waals surface area contributed by atoms with Crippen LogP contribution in [0, 0.1) is 5.92 Å². The third-order valence-electron chi connectivity index (χ3n) is 8.57. The maximum Gasteiger partial charge on any atom is 0.259 e. The van der Waals surface area contributed by atoms with Gasteiger partial charge in [-0.25, -0.2) is 4.90 Å². The lowest BCUT2D eigenvalue weighted by atomic mass is 9.87. The van der Waals surface area contributed by atoms with Gasteiger partial charge in [-0.05, 0) is 35.4 Å². The summed E-state index contributed by atoms with van der Waals surface area (Å²) in [5, 5.41) is 3.63. The van der Waals surface area contributed by atoms with Crippen LogP contribution in [0.5, 0.6) is 5.75 Å². The van der Waals surface area contributed by atoms with Crippen molar-refractivity contribution >= 4 is 23.4 Å². The van der Waals surface area contributed by atoms with Gasteiger partial charge in [0.05, 0.1) is 44.0 Å². The summed E-state index contributed by atoms with van der Waals surface area (Å²) in [6.45, 7) is 2.31. The Morgan fingerprint density at radius 2 is 1.30 bits per heavy atom. The summed E-state index contributed by atoms with van der Waals surface area (Å²) in [6.07, 6.45) is 0. The Balaban J connectivity index is 1.40. The molecule has 0 N–H and O–H groups in total. The molecule has 0 radical (unpaired) electrons. The van der Waals surface area contributed by atoms with Gasteiger partial charge in [-0.15, -0.1) is 0 Å². The minimum Gasteiger partial charge on any atom is -0.497 e. The summed E-state index contributed by atoms with van der Waals surface area (Å²) in [5.74, 6) is -0.873. The largest absolute Gasteiger partial charge is 0.497 e. The van der Waals surface area contributed by atoms with Crippen LogP contribution in [0.25, 0.3) is 0 Å². The molecule has 0 saturated carbocycles. The number of amides is 3. The van der Waals surface area contributed by atoms with E-state index in [1.54, 1.807) is 36.4 Å². The molecule has 3 amide bonds. The number of rotatable bonds is 5. The number of nitrogens with zero attached hydrogens (tertiary/aromatic N) is 4. The lowest BCUT2D eigenvalue weighted by Gasteiger charge is -2.37. The molecule has 5 atom stereocenters. The summed E-state index contributed by atoms with van der Waals surface area (Å²) < 4.78 is 11.0. The van der Waals surface area contributed by atoms with Gasteiger partial charge < -0.3 is 9.47 Å². The van der Waals surface area contributed by atoms with Crippen LogP contribution < -0.4 is 9.64 Å². The molecule has 0 bridgehead atoms. The summed E-state index contributed by atoms with van der Waals surface area (Å²) in [4.78, 5) is 46.2. The average molecular weight is 539 g/mol. The van der Waals surface area contributed by atoms with Gasteiger partial charge in [0.2, 0.25) is 5.91 Å². The number of morpholine rings is 1. The number of ether oxygens (including phenoxy) is 2. The third kappa shape index (κ3) is 3.69. The SMILES string of the molecule is COc1ccc([C@@H]2[C@@H]3C(=O)N(c4ccccc4)C(=O)[C@@H]3N3C(=O)[C@@H](N4CCOCC4)[C@H](c4ccccc4)N23)cc1. The summed E-state index contributed by atoms with van der Waals surface area (Å²) in [5.41, 5.74) is 2.33. The Hall–Kier alpha value is -4.05. The van der Waals surface area contributed by atoms with Crippen molar-refractivity contribution in [1.82, 2.24) is 14.9 Å². The van der Waals surface area contributed by atoms with Crippen molar-refractivity contribution in [2.24, 2.45) is 5.92 Å². The first-order valence-corrected chi connectivity index (χ1v) is 13.6. The highest BCUT2D eigenvalue weighted by molar-refractivity contribution is 6.25. The number of carbonyl (C=O) groups is 3. The van der Waals surface area contributed by atoms with Gasteiger partial charge in [0.25, 0.3) is 11.8 Å². The average Bonchev–Trinajstić information content (AvgIpc) is 3.59. The molecule has 4 heterocycles. The number of methoxy groups -OCH3 is 1. The van der Waals surface area contributed by atoms with E-state index in [-0.39, 0.29) is 23.8 Å². The number of carbonyl (C=O) groups excluding carboxylic acids is 3. The van der Waals surface area contributed by atoms with Crippen molar-refractivity contribution in [2.45, 2.75) is 24.2 Å². The van der Waals surface area contributed by atoms with Crippen LogP contribution in [0.3, 0.4) is 0 Å². The number of para-hydroxylation sites is 1. The van der Waals surface area contributed by atoms with E-state index in [9.17, 15) is 14.4 Å². The number of hydrazine groups is 1. The molecule has 4 saturated heterocycles. The van der Waals surface area contributed by atoms with E-state index >= 15 is 0 Å². The van der Waals surface area contributed by atoms with E-state index in [1.807, 2.05) is 65.7 Å². The quantitative estimate of drug-likeness (QED) is 0.462. The fraction of sp³-hybridized carbons (Fsp3) is 0.323. The zero-order chi connectivity index (χ0) is 27.4. The van der Waals surface area contributed by atoms with Gasteiger partial charge in [-0.3, -0.25) is 24.3 Å². The Bertz CT molecular complexity index is 1430. The van der Waals surface area contributed by atoms with E-state index in [0.29, 0.717) is 37.7 Å². The lowest BCUT2D eigenvalue weighted by molar-refractivity contribution is -0.146. The van der Waals surface area contributed by atoms with E-state index < -0.39 is 24.0 Å². The number of anilines is 1. The first-order chi connectivity index (χ1) is 19.6. The maximum atomic E-state index is 14.5. The molecule has 9 heteroatoms. The molecule has 204 valence electrons. The number of hydrogen-bond donors (Lipinski definition) is 0. The van der Waals surface area contributed by atoms with E-state index in [2.05, 4.69) is 4.90 Å². The van der Waals surface area contributed by atoms with Crippen LogP contribution in [-0.4, -0.2) is 78.1 Å². The fourth-order valence-corrected chi connectivity index (χ4v) is 6.85. The highest BCUT2D eigenvalue weighted by Gasteiger charge is 2.69. The Kier molecular flexibility index (Phi) is 6.14. The van der Waals surface area contributed by atoms with E-state index in [0.717, 1.165) is 11.1 Å². The van der Waals surface area contributed by atoms with E-state index in [4.69, 9.17) is 9.47 Å². The smallest absolute Gasteiger partial charge is 0.259 e. The van der Waals surface area contributed by atoms with Gasteiger partial charge in [0, 0.05) is 13.1 Å². The molecule has 4 aliphatic heterocycles. The number of hydrogen-bond acceptors (Lipinski definition) is 7. The van der Waals surface area contributed by atoms with Crippen molar-refractivity contribution in [2.75, 3.05) is 38.3 Å². The van der Waals surface area contributed by atoms with Gasteiger partial charge in [-0.2, -0.15) is 5.01 Å². The third-order valence-corrected chi connectivity index (χ3v) is 8.57. The zero-order valence-corrected chi connectivity index (χ0v) is 22.1. The highest BCUT2D eigenvalue weighted by Crippen LogP contribution is 2.55. The number of benzene rings is 3. The van der Waals surface area contributed by atoms with Crippen LogP contribution in [0.4, 0.5) is 5.69 Å². The van der Waals surface area contributed by atoms with Gasteiger partial charge in [0.15, 0.2) is 0 Å². The summed E-state index contributed by atoms with van der Waals surface area (Å²) in [7, 11) is 1.61. The molecular weight excluding hydrogens is 508 g/mol.